The van der Waals surface area contributed by atoms with Crippen molar-refractivity contribution in [3.63, 3.8) is 0 Å². The highest BCUT2D eigenvalue weighted by Gasteiger charge is 2.17. The van der Waals surface area contributed by atoms with Gasteiger partial charge in [-0.3, -0.25) is 0 Å². The van der Waals surface area contributed by atoms with E-state index in [1.165, 1.54) is 42.6 Å². The Morgan fingerprint density at radius 2 is 2.10 bits per heavy atom. The molecule has 2 heterocycles. The second kappa shape index (κ2) is 5.60. The summed E-state index contributed by atoms with van der Waals surface area (Å²) in [6.07, 6.45) is 5.29. The van der Waals surface area contributed by atoms with Crippen molar-refractivity contribution in [2.24, 2.45) is 0 Å². The molecule has 2 aromatic heterocycles. The van der Waals surface area contributed by atoms with Crippen LogP contribution in [0, 0.1) is 13.8 Å². The average molecular weight is 289 g/mol. The summed E-state index contributed by atoms with van der Waals surface area (Å²) in [6.45, 7) is 7.58. The van der Waals surface area contributed by atoms with Crippen LogP contribution < -0.4 is 5.32 Å². The van der Waals surface area contributed by atoms with Gasteiger partial charge in [0.05, 0.1) is 5.69 Å². The molecule has 0 bridgehead atoms. The highest BCUT2D eigenvalue weighted by molar-refractivity contribution is 7.14. The minimum absolute atomic E-state index is 0.636. The summed E-state index contributed by atoms with van der Waals surface area (Å²) in [5.41, 5.74) is 5.03. The van der Waals surface area contributed by atoms with E-state index in [1.807, 2.05) is 0 Å². The predicted octanol–water partition coefficient (Wildman–Crippen LogP) is 4.60. The molecule has 108 valence electrons. The number of aromatic nitrogens is 2. The van der Waals surface area contributed by atoms with Crippen molar-refractivity contribution in [1.29, 1.82) is 0 Å². The third kappa shape index (κ3) is 2.49. The Labute approximate surface area is 125 Å². The molecule has 3 rings (SSSR count). The Bertz CT molecular complexity index is 591. The third-order valence-corrected chi connectivity index (χ3v) is 5.13. The molecule has 1 fully saturated rings. The van der Waals surface area contributed by atoms with Crippen LogP contribution in [0.4, 0.5) is 5.13 Å². The van der Waals surface area contributed by atoms with Gasteiger partial charge in [-0.1, -0.05) is 12.8 Å². The van der Waals surface area contributed by atoms with Crippen LogP contribution in [0.5, 0.6) is 0 Å². The van der Waals surface area contributed by atoms with Crippen molar-refractivity contribution >= 4 is 16.5 Å². The Morgan fingerprint density at radius 1 is 1.35 bits per heavy atom. The number of hydrogen-bond donors (Lipinski definition) is 1. The van der Waals surface area contributed by atoms with Gasteiger partial charge in [0.15, 0.2) is 5.13 Å². The molecule has 0 atom stereocenters. The molecular formula is C16H23N3S. The molecule has 0 spiro atoms. The summed E-state index contributed by atoms with van der Waals surface area (Å²) in [7, 11) is 0. The van der Waals surface area contributed by atoms with Gasteiger partial charge in [0.2, 0.25) is 0 Å². The fraction of sp³-hybridized carbons (Fsp3) is 0.562. The molecule has 4 heteroatoms. The van der Waals surface area contributed by atoms with Gasteiger partial charge in [-0.05, 0) is 39.7 Å². The maximum absolute atomic E-state index is 4.79. The quantitative estimate of drug-likeness (QED) is 0.891. The molecule has 20 heavy (non-hydrogen) atoms. The molecule has 0 radical (unpaired) electrons. The SMILES string of the molecule is CCn1c(C)cc(-c2csc(NC3CCCC3)n2)c1C. The maximum atomic E-state index is 4.79. The predicted molar refractivity (Wildman–Crippen MR) is 86.6 cm³/mol. The average Bonchev–Trinajstić information content (AvgIpc) is 3.12. The molecule has 1 N–H and O–H groups in total. The zero-order valence-corrected chi connectivity index (χ0v) is 13.4. The molecule has 0 aromatic carbocycles. The van der Waals surface area contributed by atoms with Crippen molar-refractivity contribution in [1.82, 2.24) is 9.55 Å². The van der Waals surface area contributed by atoms with Crippen molar-refractivity contribution in [3.8, 4) is 11.3 Å². The zero-order chi connectivity index (χ0) is 14.1. The number of anilines is 1. The topological polar surface area (TPSA) is 29.9 Å². The number of rotatable bonds is 4. The lowest BCUT2D eigenvalue weighted by Crippen LogP contribution is -2.14. The first-order valence-electron chi connectivity index (χ1n) is 7.58. The first-order valence-corrected chi connectivity index (χ1v) is 8.46. The van der Waals surface area contributed by atoms with Gasteiger partial charge >= 0.3 is 0 Å². The van der Waals surface area contributed by atoms with Crippen molar-refractivity contribution in [3.05, 3.63) is 22.8 Å². The van der Waals surface area contributed by atoms with Crippen LogP contribution >= 0.6 is 11.3 Å². The fourth-order valence-electron chi connectivity index (χ4n) is 3.26. The smallest absolute Gasteiger partial charge is 0.183 e. The van der Waals surface area contributed by atoms with E-state index >= 15 is 0 Å². The largest absolute Gasteiger partial charge is 0.359 e. The van der Waals surface area contributed by atoms with Gasteiger partial charge in [0.1, 0.15) is 0 Å². The van der Waals surface area contributed by atoms with E-state index in [0.717, 1.165) is 17.4 Å². The second-order valence-corrected chi connectivity index (χ2v) is 6.55. The highest BCUT2D eigenvalue weighted by atomic mass is 32.1. The standard InChI is InChI=1S/C16H23N3S/c1-4-19-11(2)9-14(12(19)3)15-10-20-16(18-15)17-13-7-5-6-8-13/h9-10,13H,4-8H2,1-3H3,(H,17,18). The van der Waals surface area contributed by atoms with E-state index in [0.29, 0.717) is 6.04 Å². The Hall–Kier alpha value is -1.29. The molecule has 0 aliphatic heterocycles. The van der Waals surface area contributed by atoms with Crippen molar-refractivity contribution in [2.45, 2.75) is 59.0 Å². The Morgan fingerprint density at radius 3 is 2.75 bits per heavy atom. The summed E-state index contributed by atoms with van der Waals surface area (Å²) < 4.78 is 2.35. The van der Waals surface area contributed by atoms with E-state index < -0.39 is 0 Å². The summed E-state index contributed by atoms with van der Waals surface area (Å²) in [5, 5.41) is 6.84. The van der Waals surface area contributed by atoms with Crippen molar-refractivity contribution in [2.75, 3.05) is 5.32 Å². The lowest BCUT2D eigenvalue weighted by Gasteiger charge is -2.09. The van der Waals surface area contributed by atoms with E-state index in [2.05, 4.69) is 42.1 Å². The van der Waals surface area contributed by atoms with Crippen LogP contribution in [0.25, 0.3) is 11.3 Å². The van der Waals surface area contributed by atoms with Gasteiger partial charge in [-0.15, -0.1) is 11.3 Å². The lowest BCUT2D eigenvalue weighted by molar-refractivity contribution is 0.719. The van der Waals surface area contributed by atoms with Crippen LogP contribution in [-0.2, 0) is 6.54 Å². The van der Waals surface area contributed by atoms with E-state index in [-0.39, 0.29) is 0 Å². The second-order valence-electron chi connectivity index (χ2n) is 5.69. The van der Waals surface area contributed by atoms with Crippen LogP contribution in [-0.4, -0.2) is 15.6 Å². The molecule has 2 aromatic rings. The Kier molecular flexibility index (Phi) is 3.83. The summed E-state index contributed by atoms with van der Waals surface area (Å²) in [5.74, 6) is 0. The molecule has 0 amide bonds. The zero-order valence-electron chi connectivity index (χ0n) is 12.6. The number of hydrogen-bond acceptors (Lipinski definition) is 3. The Balaban J connectivity index is 1.82. The summed E-state index contributed by atoms with van der Waals surface area (Å²) in [6, 6.07) is 2.89. The molecule has 1 saturated carbocycles. The highest BCUT2D eigenvalue weighted by Crippen LogP contribution is 2.31. The number of thiazole rings is 1. The van der Waals surface area contributed by atoms with Gasteiger partial charge in [-0.2, -0.15) is 0 Å². The van der Waals surface area contributed by atoms with E-state index in [1.54, 1.807) is 11.3 Å². The summed E-state index contributed by atoms with van der Waals surface area (Å²) >= 11 is 1.73. The maximum Gasteiger partial charge on any atom is 0.183 e. The van der Waals surface area contributed by atoms with E-state index in [4.69, 9.17) is 4.98 Å². The minimum Gasteiger partial charge on any atom is -0.359 e. The number of nitrogens with one attached hydrogen (secondary N) is 1. The van der Waals surface area contributed by atoms with Gasteiger partial charge in [0.25, 0.3) is 0 Å². The van der Waals surface area contributed by atoms with E-state index in [9.17, 15) is 0 Å². The van der Waals surface area contributed by atoms with Gasteiger partial charge in [0, 0.05) is 34.9 Å². The number of aryl methyl sites for hydroxylation is 1. The summed E-state index contributed by atoms with van der Waals surface area (Å²) in [4.78, 5) is 4.79. The molecule has 1 aliphatic rings. The normalized spacial score (nSPS) is 15.9. The third-order valence-electron chi connectivity index (χ3n) is 4.35. The van der Waals surface area contributed by atoms with Gasteiger partial charge in [-0.25, -0.2) is 4.98 Å². The number of nitrogens with zero attached hydrogens (tertiary/aromatic N) is 2. The minimum atomic E-state index is 0.636. The first kappa shape index (κ1) is 13.7. The van der Waals surface area contributed by atoms with Crippen LogP contribution in [0.1, 0.15) is 44.0 Å². The first-order chi connectivity index (χ1) is 9.69. The van der Waals surface area contributed by atoms with Crippen molar-refractivity contribution < 1.29 is 0 Å². The molecule has 0 saturated heterocycles. The molecule has 1 aliphatic carbocycles. The monoisotopic (exact) mass is 289 g/mol. The van der Waals surface area contributed by atoms with Crippen LogP contribution in [0.2, 0.25) is 0 Å². The molecule has 3 nitrogen and oxygen atoms in total. The van der Waals surface area contributed by atoms with Crippen LogP contribution in [0.3, 0.4) is 0 Å². The fourth-order valence-corrected chi connectivity index (χ4v) is 4.04. The lowest BCUT2D eigenvalue weighted by atomic mass is 10.2. The molecular weight excluding hydrogens is 266 g/mol. The van der Waals surface area contributed by atoms with Gasteiger partial charge < -0.3 is 9.88 Å². The molecule has 0 unspecified atom stereocenters. The van der Waals surface area contributed by atoms with Crippen LogP contribution in [0.15, 0.2) is 11.4 Å².